The van der Waals surface area contributed by atoms with Gasteiger partial charge in [0.1, 0.15) is 11.6 Å². The molecule has 0 bridgehead atoms. The first-order valence-corrected chi connectivity index (χ1v) is 11.3. The number of aromatic nitrogens is 1. The SMILES string of the molecule is COc1ccc2nc(NC(=O)c3cccc(NS(=O)(=O)c4ccc(F)cc4)c3)sc2c1. The molecule has 0 aliphatic heterocycles. The van der Waals surface area contributed by atoms with E-state index in [4.69, 9.17) is 4.74 Å². The molecule has 3 aromatic carbocycles. The van der Waals surface area contributed by atoms with E-state index in [1.54, 1.807) is 31.4 Å². The summed E-state index contributed by atoms with van der Waals surface area (Å²) >= 11 is 1.30. The van der Waals surface area contributed by atoms with Gasteiger partial charge in [-0.05, 0) is 60.7 Å². The van der Waals surface area contributed by atoms with E-state index in [0.717, 1.165) is 34.5 Å². The highest BCUT2D eigenvalue weighted by atomic mass is 32.2. The van der Waals surface area contributed by atoms with E-state index in [9.17, 15) is 17.6 Å². The van der Waals surface area contributed by atoms with E-state index in [-0.39, 0.29) is 16.1 Å². The van der Waals surface area contributed by atoms with Gasteiger partial charge in [-0.25, -0.2) is 17.8 Å². The van der Waals surface area contributed by atoms with Crippen LogP contribution < -0.4 is 14.8 Å². The van der Waals surface area contributed by atoms with E-state index in [2.05, 4.69) is 15.0 Å². The predicted octanol–water partition coefficient (Wildman–Crippen LogP) is 4.50. The lowest BCUT2D eigenvalue weighted by Crippen LogP contribution is -2.15. The molecule has 0 aliphatic carbocycles. The maximum absolute atomic E-state index is 13.1. The molecule has 0 spiro atoms. The van der Waals surface area contributed by atoms with Crippen LogP contribution in [0.5, 0.6) is 5.75 Å². The molecule has 0 aliphatic rings. The van der Waals surface area contributed by atoms with Crippen molar-refractivity contribution in [2.45, 2.75) is 4.90 Å². The van der Waals surface area contributed by atoms with Gasteiger partial charge in [-0.2, -0.15) is 0 Å². The molecule has 4 rings (SSSR count). The average Bonchev–Trinajstić information content (AvgIpc) is 3.15. The van der Waals surface area contributed by atoms with Gasteiger partial charge >= 0.3 is 0 Å². The van der Waals surface area contributed by atoms with E-state index in [1.165, 1.54) is 23.5 Å². The fraction of sp³-hybridized carbons (Fsp3) is 0.0476. The third-order valence-corrected chi connectivity index (χ3v) is 6.65. The lowest BCUT2D eigenvalue weighted by atomic mass is 10.2. The number of halogens is 1. The van der Waals surface area contributed by atoms with E-state index in [0.29, 0.717) is 10.9 Å². The minimum absolute atomic E-state index is 0.0892. The fourth-order valence-corrected chi connectivity index (χ4v) is 4.75. The maximum atomic E-state index is 13.1. The van der Waals surface area contributed by atoms with Gasteiger partial charge in [0.25, 0.3) is 15.9 Å². The van der Waals surface area contributed by atoms with Gasteiger partial charge in [-0.1, -0.05) is 17.4 Å². The van der Waals surface area contributed by atoms with Crippen molar-refractivity contribution in [1.29, 1.82) is 0 Å². The largest absolute Gasteiger partial charge is 0.497 e. The molecule has 0 fully saturated rings. The summed E-state index contributed by atoms with van der Waals surface area (Å²) < 4.78 is 46.5. The number of fused-ring (bicyclic) bond motifs is 1. The molecular formula is C21H16FN3O4S2. The Kier molecular flexibility index (Phi) is 5.57. The van der Waals surface area contributed by atoms with Crippen LogP contribution in [0.25, 0.3) is 10.2 Å². The molecule has 31 heavy (non-hydrogen) atoms. The van der Waals surface area contributed by atoms with Gasteiger partial charge in [0.15, 0.2) is 5.13 Å². The predicted molar refractivity (Wildman–Crippen MR) is 118 cm³/mol. The van der Waals surface area contributed by atoms with Gasteiger partial charge < -0.3 is 4.74 Å². The van der Waals surface area contributed by atoms with Gasteiger partial charge in [0.2, 0.25) is 0 Å². The van der Waals surface area contributed by atoms with Gasteiger partial charge in [0.05, 0.1) is 22.2 Å². The summed E-state index contributed by atoms with van der Waals surface area (Å²) in [5.41, 5.74) is 1.17. The van der Waals surface area contributed by atoms with Crippen molar-refractivity contribution in [1.82, 2.24) is 4.98 Å². The van der Waals surface area contributed by atoms with Crippen LogP contribution in [0.4, 0.5) is 15.2 Å². The Morgan fingerprint density at radius 2 is 1.84 bits per heavy atom. The number of thiazole rings is 1. The zero-order valence-corrected chi connectivity index (χ0v) is 17.8. The van der Waals surface area contributed by atoms with E-state index in [1.807, 2.05) is 6.07 Å². The molecule has 1 aromatic heterocycles. The number of amides is 1. The molecule has 0 atom stereocenters. The second-order valence-electron chi connectivity index (χ2n) is 6.45. The summed E-state index contributed by atoms with van der Waals surface area (Å²) in [6.45, 7) is 0. The van der Waals surface area contributed by atoms with Gasteiger partial charge in [-0.15, -0.1) is 0 Å². The summed E-state index contributed by atoms with van der Waals surface area (Å²) in [5.74, 6) is -0.282. The second kappa shape index (κ2) is 8.32. The van der Waals surface area contributed by atoms with Gasteiger partial charge in [0, 0.05) is 11.3 Å². The van der Waals surface area contributed by atoms with E-state index < -0.39 is 21.7 Å². The minimum atomic E-state index is -3.93. The third-order valence-electron chi connectivity index (χ3n) is 4.32. The number of hydrogen-bond donors (Lipinski definition) is 2. The Labute approximate surface area is 181 Å². The topological polar surface area (TPSA) is 97.4 Å². The number of carbonyl (C=O) groups is 1. The number of hydrogen-bond acceptors (Lipinski definition) is 6. The summed E-state index contributed by atoms with van der Waals surface area (Å²) in [5, 5.41) is 3.13. The molecule has 0 saturated carbocycles. The molecule has 0 saturated heterocycles. The van der Waals surface area contributed by atoms with Crippen LogP contribution in [0, 0.1) is 5.82 Å². The lowest BCUT2D eigenvalue weighted by Gasteiger charge is -2.09. The number of anilines is 2. The van der Waals surface area contributed by atoms with Crippen LogP contribution in [0.15, 0.2) is 71.6 Å². The van der Waals surface area contributed by atoms with E-state index >= 15 is 0 Å². The molecule has 158 valence electrons. The zero-order chi connectivity index (χ0) is 22.0. The number of benzene rings is 3. The highest BCUT2D eigenvalue weighted by molar-refractivity contribution is 7.92. The fourth-order valence-electron chi connectivity index (χ4n) is 2.81. The lowest BCUT2D eigenvalue weighted by molar-refractivity contribution is 0.102. The standard InChI is InChI=1S/C21H16FN3O4S2/c1-29-16-7-10-18-19(12-16)30-21(23-18)24-20(26)13-3-2-4-15(11-13)25-31(27,28)17-8-5-14(22)6-9-17/h2-12,25H,1H3,(H,23,24,26). The van der Waals surface area contributed by atoms with Crippen LogP contribution in [0.1, 0.15) is 10.4 Å². The molecular weight excluding hydrogens is 441 g/mol. The first-order valence-electron chi connectivity index (χ1n) is 8.98. The quantitative estimate of drug-likeness (QED) is 0.444. The number of carbonyl (C=O) groups excluding carboxylic acids is 1. The maximum Gasteiger partial charge on any atom is 0.261 e. The van der Waals surface area contributed by atoms with Crippen molar-refractivity contribution in [2.75, 3.05) is 17.1 Å². The zero-order valence-electron chi connectivity index (χ0n) is 16.1. The Hall–Kier alpha value is -3.50. The second-order valence-corrected chi connectivity index (χ2v) is 9.16. The summed E-state index contributed by atoms with van der Waals surface area (Å²) in [4.78, 5) is 16.9. The molecule has 0 unspecified atom stereocenters. The van der Waals surface area contributed by atoms with Crippen molar-refractivity contribution < 1.29 is 22.3 Å². The Morgan fingerprint density at radius 1 is 1.06 bits per heavy atom. The number of methoxy groups -OCH3 is 1. The molecule has 4 aromatic rings. The van der Waals surface area contributed by atoms with Crippen LogP contribution in [-0.2, 0) is 10.0 Å². The summed E-state index contributed by atoms with van der Waals surface area (Å²) in [7, 11) is -2.35. The van der Waals surface area contributed by atoms with Crippen molar-refractivity contribution in [3.63, 3.8) is 0 Å². The Bertz CT molecular complexity index is 1370. The molecule has 1 heterocycles. The summed E-state index contributed by atoms with van der Waals surface area (Å²) in [6, 6.07) is 15.9. The number of rotatable bonds is 6. The number of nitrogens with zero attached hydrogens (tertiary/aromatic N) is 1. The van der Waals surface area contributed by atoms with Crippen LogP contribution in [-0.4, -0.2) is 26.4 Å². The number of nitrogens with one attached hydrogen (secondary N) is 2. The van der Waals surface area contributed by atoms with Crippen LogP contribution >= 0.6 is 11.3 Å². The number of ether oxygens (including phenoxy) is 1. The van der Waals surface area contributed by atoms with Crippen LogP contribution in [0.3, 0.4) is 0 Å². The third kappa shape index (κ3) is 4.65. The van der Waals surface area contributed by atoms with Crippen molar-refractivity contribution in [2.24, 2.45) is 0 Å². The monoisotopic (exact) mass is 457 g/mol. The van der Waals surface area contributed by atoms with Crippen molar-refractivity contribution in [3.05, 3.63) is 78.1 Å². The highest BCUT2D eigenvalue weighted by Gasteiger charge is 2.16. The Morgan fingerprint density at radius 3 is 2.58 bits per heavy atom. The van der Waals surface area contributed by atoms with Gasteiger partial charge in [-0.3, -0.25) is 14.8 Å². The summed E-state index contributed by atoms with van der Waals surface area (Å²) in [6.07, 6.45) is 0. The first kappa shape index (κ1) is 20.8. The van der Waals surface area contributed by atoms with Crippen LogP contribution in [0.2, 0.25) is 0 Å². The highest BCUT2D eigenvalue weighted by Crippen LogP contribution is 2.29. The molecule has 10 heteroatoms. The average molecular weight is 458 g/mol. The number of sulfonamides is 1. The molecule has 1 amide bonds. The molecule has 0 radical (unpaired) electrons. The molecule has 7 nitrogen and oxygen atoms in total. The smallest absolute Gasteiger partial charge is 0.261 e. The molecule has 2 N–H and O–H groups in total. The minimum Gasteiger partial charge on any atom is -0.497 e. The first-order chi connectivity index (χ1) is 14.8. The Balaban J connectivity index is 1.52. The normalized spacial score (nSPS) is 11.3. The van der Waals surface area contributed by atoms with Crippen molar-refractivity contribution in [3.8, 4) is 5.75 Å². The van der Waals surface area contributed by atoms with Crippen molar-refractivity contribution >= 4 is 48.3 Å².